The lowest BCUT2D eigenvalue weighted by Gasteiger charge is -2.60. The molecule has 0 heterocycles. The maximum absolute atomic E-state index is 12.4. The van der Waals surface area contributed by atoms with Gasteiger partial charge in [0.25, 0.3) is 0 Å². The van der Waals surface area contributed by atoms with E-state index in [0.717, 1.165) is 24.7 Å². The highest BCUT2D eigenvalue weighted by atomic mass is 16.5. The standard InChI is InChI=1S/C22H36O3/c1-4-25-20(24)16-13-18-15-9-8-14-7-5-6-11-21(14,2)17(15)10-12-22(18,3)19(16)23/h14-19,23H,4-13H2,1-3H3/t14?,15-,16-,17+,18+,19-,21+,22+/m1/s1. The minimum absolute atomic E-state index is 0.0868. The van der Waals surface area contributed by atoms with Crippen molar-refractivity contribution >= 4 is 5.97 Å². The summed E-state index contributed by atoms with van der Waals surface area (Å²) in [5.41, 5.74) is 0.423. The molecule has 0 amide bonds. The van der Waals surface area contributed by atoms with Crippen LogP contribution in [0.15, 0.2) is 0 Å². The van der Waals surface area contributed by atoms with E-state index in [4.69, 9.17) is 4.74 Å². The summed E-state index contributed by atoms with van der Waals surface area (Å²) in [6, 6.07) is 0. The third-order valence-corrected chi connectivity index (χ3v) is 9.17. The van der Waals surface area contributed by atoms with Gasteiger partial charge in [0.15, 0.2) is 0 Å². The maximum Gasteiger partial charge on any atom is 0.311 e. The van der Waals surface area contributed by atoms with Gasteiger partial charge < -0.3 is 9.84 Å². The van der Waals surface area contributed by atoms with Crippen molar-refractivity contribution in [3.63, 3.8) is 0 Å². The predicted molar refractivity (Wildman–Crippen MR) is 97.9 cm³/mol. The lowest BCUT2D eigenvalue weighted by atomic mass is 9.45. The molecule has 142 valence electrons. The van der Waals surface area contributed by atoms with Crippen molar-refractivity contribution in [3.05, 3.63) is 0 Å². The summed E-state index contributed by atoms with van der Waals surface area (Å²) < 4.78 is 5.29. The van der Waals surface area contributed by atoms with E-state index in [-0.39, 0.29) is 17.3 Å². The van der Waals surface area contributed by atoms with Gasteiger partial charge in [0.05, 0.1) is 18.6 Å². The van der Waals surface area contributed by atoms with E-state index in [1.165, 1.54) is 44.9 Å². The number of ether oxygens (including phenoxy) is 1. The fraction of sp³-hybridized carbons (Fsp3) is 0.955. The number of fused-ring (bicyclic) bond motifs is 5. The monoisotopic (exact) mass is 348 g/mol. The number of rotatable bonds is 2. The van der Waals surface area contributed by atoms with E-state index in [0.29, 0.717) is 23.9 Å². The summed E-state index contributed by atoms with van der Waals surface area (Å²) in [6.07, 6.45) is 11.0. The Hall–Kier alpha value is -0.570. The zero-order valence-corrected chi connectivity index (χ0v) is 16.3. The van der Waals surface area contributed by atoms with Gasteiger partial charge in [-0.2, -0.15) is 0 Å². The molecule has 4 aliphatic carbocycles. The van der Waals surface area contributed by atoms with Crippen molar-refractivity contribution < 1.29 is 14.6 Å². The number of carbonyl (C=O) groups is 1. The van der Waals surface area contributed by atoms with E-state index < -0.39 is 6.10 Å². The Morgan fingerprint density at radius 2 is 1.84 bits per heavy atom. The quantitative estimate of drug-likeness (QED) is 0.744. The predicted octanol–water partition coefficient (Wildman–Crippen LogP) is 4.57. The highest BCUT2D eigenvalue weighted by Crippen LogP contribution is 2.67. The number of aliphatic hydroxyl groups is 1. The second-order valence-electron chi connectivity index (χ2n) is 9.99. The Bertz CT molecular complexity index is 531. The van der Waals surface area contributed by atoms with E-state index >= 15 is 0 Å². The van der Waals surface area contributed by atoms with Crippen LogP contribution in [-0.2, 0) is 9.53 Å². The summed E-state index contributed by atoms with van der Waals surface area (Å²) in [5, 5.41) is 11.0. The van der Waals surface area contributed by atoms with Crippen LogP contribution < -0.4 is 0 Å². The Labute approximate surface area is 152 Å². The van der Waals surface area contributed by atoms with Crippen LogP contribution in [-0.4, -0.2) is 23.8 Å². The van der Waals surface area contributed by atoms with Gasteiger partial charge in [-0.05, 0) is 86.4 Å². The molecule has 25 heavy (non-hydrogen) atoms. The number of carbonyl (C=O) groups excluding carboxylic acids is 1. The third-order valence-electron chi connectivity index (χ3n) is 9.17. The maximum atomic E-state index is 12.4. The summed E-state index contributed by atoms with van der Waals surface area (Å²) >= 11 is 0. The van der Waals surface area contributed by atoms with Gasteiger partial charge in [0, 0.05) is 0 Å². The van der Waals surface area contributed by atoms with Crippen molar-refractivity contribution in [3.8, 4) is 0 Å². The topological polar surface area (TPSA) is 46.5 Å². The first-order chi connectivity index (χ1) is 11.9. The first kappa shape index (κ1) is 17.8. The SMILES string of the molecule is CCOC(=O)[C@@H]1C[C@H]2[C@@H]3CCC4CCCC[C@]4(C)[C@H]3CC[C@]2(C)[C@@H]1O. The molecule has 0 saturated heterocycles. The minimum Gasteiger partial charge on any atom is -0.466 e. The van der Waals surface area contributed by atoms with Crippen LogP contribution in [0.3, 0.4) is 0 Å². The van der Waals surface area contributed by atoms with Crippen LogP contribution in [0.1, 0.15) is 78.6 Å². The zero-order valence-electron chi connectivity index (χ0n) is 16.3. The minimum atomic E-state index is -0.519. The van der Waals surface area contributed by atoms with Crippen LogP contribution in [0.5, 0.6) is 0 Å². The second-order valence-corrected chi connectivity index (χ2v) is 9.99. The first-order valence-corrected chi connectivity index (χ1v) is 10.8. The van der Waals surface area contributed by atoms with Gasteiger partial charge in [0.2, 0.25) is 0 Å². The molecular formula is C22H36O3. The summed E-state index contributed by atoms with van der Waals surface area (Å²) in [7, 11) is 0. The first-order valence-electron chi connectivity index (χ1n) is 10.8. The van der Waals surface area contributed by atoms with Gasteiger partial charge in [-0.15, -0.1) is 0 Å². The molecule has 4 rings (SSSR count). The fourth-order valence-corrected chi connectivity index (χ4v) is 7.79. The molecule has 0 aromatic heterocycles. The largest absolute Gasteiger partial charge is 0.466 e. The smallest absolute Gasteiger partial charge is 0.311 e. The van der Waals surface area contributed by atoms with E-state index in [1.54, 1.807) is 0 Å². The molecule has 4 aliphatic rings. The number of hydrogen-bond acceptors (Lipinski definition) is 3. The van der Waals surface area contributed by atoms with Gasteiger partial charge >= 0.3 is 5.97 Å². The van der Waals surface area contributed by atoms with Crippen LogP contribution in [0.25, 0.3) is 0 Å². The molecule has 0 aromatic carbocycles. The Balaban J connectivity index is 1.60. The molecule has 0 bridgehead atoms. The number of esters is 1. The highest BCUT2D eigenvalue weighted by Gasteiger charge is 2.63. The van der Waals surface area contributed by atoms with Crippen LogP contribution in [0.2, 0.25) is 0 Å². The normalized spacial score (nSPS) is 52.0. The number of hydrogen-bond donors (Lipinski definition) is 1. The molecular weight excluding hydrogens is 312 g/mol. The highest BCUT2D eigenvalue weighted by molar-refractivity contribution is 5.74. The van der Waals surface area contributed by atoms with E-state index in [2.05, 4.69) is 13.8 Å². The molecule has 3 heteroatoms. The molecule has 0 spiro atoms. The van der Waals surface area contributed by atoms with Gasteiger partial charge in [-0.3, -0.25) is 4.79 Å². The molecule has 1 N–H and O–H groups in total. The summed E-state index contributed by atoms with van der Waals surface area (Å²) in [4.78, 5) is 12.4. The Morgan fingerprint density at radius 3 is 2.60 bits per heavy atom. The number of aliphatic hydroxyl groups excluding tert-OH is 1. The second kappa shape index (κ2) is 6.25. The molecule has 4 saturated carbocycles. The summed E-state index contributed by atoms with van der Waals surface area (Å²) in [5.74, 6) is 2.45. The molecule has 4 fully saturated rings. The molecule has 3 nitrogen and oxygen atoms in total. The van der Waals surface area contributed by atoms with Crippen molar-refractivity contribution in [2.75, 3.05) is 6.61 Å². The molecule has 0 aromatic rings. The molecule has 8 atom stereocenters. The lowest BCUT2D eigenvalue weighted by Crippen LogP contribution is -2.53. The van der Waals surface area contributed by atoms with Crippen molar-refractivity contribution in [1.29, 1.82) is 0 Å². The van der Waals surface area contributed by atoms with Crippen LogP contribution >= 0.6 is 0 Å². The van der Waals surface area contributed by atoms with Gasteiger partial charge in [-0.25, -0.2) is 0 Å². The molecule has 0 aliphatic heterocycles. The molecule has 1 unspecified atom stereocenters. The molecule has 0 radical (unpaired) electrons. The summed E-state index contributed by atoms with van der Waals surface area (Å²) in [6.45, 7) is 7.10. The Kier molecular flexibility index (Phi) is 4.46. The fourth-order valence-electron chi connectivity index (χ4n) is 7.79. The Morgan fingerprint density at radius 1 is 1.04 bits per heavy atom. The van der Waals surface area contributed by atoms with Gasteiger partial charge in [0.1, 0.15) is 0 Å². The van der Waals surface area contributed by atoms with Crippen LogP contribution in [0.4, 0.5) is 0 Å². The average molecular weight is 349 g/mol. The third kappa shape index (κ3) is 2.51. The van der Waals surface area contributed by atoms with Crippen molar-refractivity contribution in [2.45, 2.75) is 84.7 Å². The van der Waals surface area contributed by atoms with E-state index in [1.807, 2.05) is 6.92 Å². The van der Waals surface area contributed by atoms with Crippen LogP contribution in [0, 0.1) is 40.4 Å². The van der Waals surface area contributed by atoms with Crippen molar-refractivity contribution in [2.24, 2.45) is 40.4 Å². The van der Waals surface area contributed by atoms with Crippen molar-refractivity contribution in [1.82, 2.24) is 0 Å². The van der Waals surface area contributed by atoms with Gasteiger partial charge in [-0.1, -0.05) is 26.7 Å². The lowest BCUT2D eigenvalue weighted by molar-refractivity contribution is -0.153. The van der Waals surface area contributed by atoms with E-state index in [9.17, 15) is 9.90 Å². The average Bonchev–Trinajstić information content (AvgIpc) is 2.86. The zero-order chi connectivity index (χ0) is 17.8.